The van der Waals surface area contributed by atoms with E-state index in [4.69, 9.17) is 0 Å². The predicted octanol–water partition coefficient (Wildman–Crippen LogP) is 2.41. The van der Waals surface area contributed by atoms with Crippen LogP contribution < -0.4 is 10.2 Å². The molecule has 1 aliphatic rings. The van der Waals surface area contributed by atoms with Crippen LogP contribution in [0.2, 0.25) is 0 Å². The maximum absolute atomic E-state index is 11.2. The van der Waals surface area contributed by atoms with Crippen LogP contribution in [-0.4, -0.2) is 29.3 Å². The molecule has 1 saturated heterocycles. The standard InChI is InChI=1S/C12H16BrN3O/c13-8-12(17)15-10-4-5-11(14-9-10)16-6-2-1-3-7-16/h4-5,9H,1-3,6-8H2,(H,15,17). The number of carbonyl (C=O) groups is 1. The second kappa shape index (κ2) is 6.00. The lowest BCUT2D eigenvalue weighted by molar-refractivity contribution is -0.113. The van der Waals surface area contributed by atoms with Crippen LogP contribution in [-0.2, 0) is 4.79 Å². The van der Waals surface area contributed by atoms with Gasteiger partial charge in [0.05, 0.1) is 17.2 Å². The van der Waals surface area contributed by atoms with E-state index in [0.717, 1.165) is 24.6 Å². The molecular formula is C12H16BrN3O. The maximum Gasteiger partial charge on any atom is 0.235 e. The molecule has 0 aromatic carbocycles. The highest BCUT2D eigenvalue weighted by molar-refractivity contribution is 9.09. The number of alkyl halides is 1. The van der Waals surface area contributed by atoms with Gasteiger partial charge in [-0.05, 0) is 31.4 Å². The Hall–Kier alpha value is -1.10. The minimum absolute atomic E-state index is 0.0578. The average Bonchev–Trinajstić information content (AvgIpc) is 2.40. The molecule has 5 heteroatoms. The fourth-order valence-corrected chi connectivity index (χ4v) is 2.10. The number of rotatable bonds is 3. The Kier molecular flexibility index (Phi) is 4.36. The molecule has 0 aliphatic carbocycles. The molecule has 17 heavy (non-hydrogen) atoms. The van der Waals surface area contributed by atoms with E-state index in [1.807, 2.05) is 12.1 Å². The molecule has 0 radical (unpaired) electrons. The molecule has 0 unspecified atom stereocenters. The van der Waals surface area contributed by atoms with Crippen molar-refractivity contribution in [2.45, 2.75) is 19.3 Å². The molecule has 92 valence electrons. The van der Waals surface area contributed by atoms with Gasteiger partial charge in [0.2, 0.25) is 5.91 Å². The molecular weight excluding hydrogens is 282 g/mol. The van der Waals surface area contributed by atoms with Crippen molar-refractivity contribution in [3.05, 3.63) is 18.3 Å². The van der Waals surface area contributed by atoms with Gasteiger partial charge in [-0.2, -0.15) is 0 Å². The molecule has 1 aliphatic heterocycles. The topological polar surface area (TPSA) is 45.2 Å². The van der Waals surface area contributed by atoms with Gasteiger partial charge in [0, 0.05) is 13.1 Å². The zero-order valence-electron chi connectivity index (χ0n) is 9.66. The van der Waals surface area contributed by atoms with Crippen molar-refractivity contribution in [1.29, 1.82) is 0 Å². The first-order valence-corrected chi connectivity index (χ1v) is 6.98. The minimum Gasteiger partial charge on any atom is -0.357 e. The van der Waals surface area contributed by atoms with Crippen LogP contribution in [0.1, 0.15) is 19.3 Å². The lowest BCUT2D eigenvalue weighted by atomic mass is 10.1. The van der Waals surface area contributed by atoms with Crippen molar-refractivity contribution < 1.29 is 4.79 Å². The number of pyridine rings is 1. The summed E-state index contributed by atoms with van der Waals surface area (Å²) in [5, 5.41) is 3.06. The Morgan fingerprint density at radius 1 is 1.35 bits per heavy atom. The molecule has 0 saturated carbocycles. The number of nitrogens with zero attached hydrogens (tertiary/aromatic N) is 2. The summed E-state index contributed by atoms with van der Waals surface area (Å²) in [6.07, 6.45) is 5.51. The van der Waals surface area contributed by atoms with E-state index in [-0.39, 0.29) is 5.91 Å². The normalized spacial score (nSPS) is 15.7. The van der Waals surface area contributed by atoms with E-state index >= 15 is 0 Å². The molecule has 0 bridgehead atoms. The van der Waals surface area contributed by atoms with E-state index in [9.17, 15) is 4.79 Å². The third kappa shape index (κ3) is 3.43. The molecule has 1 aromatic rings. The fourth-order valence-electron chi connectivity index (χ4n) is 1.96. The minimum atomic E-state index is -0.0578. The maximum atomic E-state index is 11.2. The first-order valence-electron chi connectivity index (χ1n) is 5.86. The number of carbonyl (C=O) groups excluding carboxylic acids is 1. The van der Waals surface area contributed by atoms with Gasteiger partial charge >= 0.3 is 0 Å². The third-order valence-corrected chi connectivity index (χ3v) is 3.34. The summed E-state index contributed by atoms with van der Waals surface area (Å²) >= 11 is 3.11. The second-order valence-electron chi connectivity index (χ2n) is 4.13. The Bertz CT molecular complexity index is 374. The fraction of sp³-hybridized carbons (Fsp3) is 0.500. The Morgan fingerprint density at radius 3 is 2.71 bits per heavy atom. The molecule has 1 fully saturated rings. The number of nitrogens with one attached hydrogen (secondary N) is 1. The van der Waals surface area contributed by atoms with Crippen LogP contribution in [0.25, 0.3) is 0 Å². The second-order valence-corrected chi connectivity index (χ2v) is 4.70. The van der Waals surface area contributed by atoms with Crippen LogP contribution in [0.3, 0.4) is 0 Å². The average molecular weight is 298 g/mol. The third-order valence-electron chi connectivity index (χ3n) is 2.83. The van der Waals surface area contributed by atoms with E-state index in [1.54, 1.807) is 6.20 Å². The van der Waals surface area contributed by atoms with E-state index in [2.05, 4.69) is 31.1 Å². The summed E-state index contributed by atoms with van der Waals surface area (Å²) in [6, 6.07) is 3.87. The number of anilines is 2. The Balaban J connectivity index is 1.99. The van der Waals surface area contributed by atoms with Gasteiger partial charge in [0.25, 0.3) is 0 Å². The van der Waals surface area contributed by atoms with Gasteiger partial charge < -0.3 is 10.2 Å². The number of aromatic nitrogens is 1. The predicted molar refractivity (Wildman–Crippen MR) is 72.7 cm³/mol. The molecule has 4 nitrogen and oxygen atoms in total. The summed E-state index contributed by atoms with van der Waals surface area (Å²) in [6.45, 7) is 2.17. The zero-order valence-corrected chi connectivity index (χ0v) is 11.2. The number of amides is 1. The lowest BCUT2D eigenvalue weighted by Gasteiger charge is -2.27. The summed E-state index contributed by atoms with van der Waals surface area (Å²) in [4.78, 5) is 17.8. The molecule has 1 amide bonds. The number of piperidine rings is 1. The van der Waals surface area contributed by atoms with Crippen LogP contribution >= 0.6 is 15.9 Å². The molecule has 2 rings (SSSR count). The highest BCUT2D eigenvalue weighted by Crippen LogP contribution is 2.18. The number of hydrogen-bond donors (Lipinski definition) is 1. The van der Waals surface area contributed by atoms with Gasteiger partial charge in [0.1, 0.15) is 5.82 Å². The molecule has 2 heterocycles. The van der Waals surface area contributed by atoms with Crippen molar-refractivity contribution in [1.82, 2.24) is 4.98 Å². The Labute approximate surface area is 110 Å². The van der Waals surface area contributed by atoms with Crippen molar-refractivity contribution >= 4 is 33.3 Å². The molecule has 1 N–H and O–H groups in total. The zero-order chi connectivity index (χ0) is 12.1. The highest BCUT2D eigenvalue weighted by atomic mass is 79.9. The summed E-state index contributed by atoms with van der Waals surface area (Å²) in [5.74, 6) is 0.944. The first kappa shape index (κ1) is 12.4. The monoisotopic (exact) mass is 297 g/mol. The Morgan fingerprint density at radius 2 is 2.12 bits per heavy atom. The first-order chi connectivity index (χ1) is 8.29. The summed E-state index contributed by atoms with van der Waals surface area (Å²) < 4.78 is 0. The number of hydrogen-bond acceptors (Lipinski definition) is 3. The SMILES string of the molecule is O=C(CBr)Nc1ccc(N2CCCCC2)nc1. The van der Waals surface area contributed by atoms with E-state index < -0.39 is 0 Å². The van der Waals surface area contributed by atoms with Crippen molar-refractivity contribution in [3.63, 3.8) is 0 Å². The van der Waals surface area contributed by atoms with Gasteiger partial charge in [-0.15, -0.1) is 0 Å². The van der Waals surface area contributed by atoms with Crippen LogP contribution in [0.15, 0.2) is 18.3 Å². The smallest absolute Gasteiger partial charge is 0.235 e. The van der Waals surface area contributed by atoms with Gasteiger partial charge in [-0.3, -0.25) is 4.79 Å². The highest BCUT2D eigenvalue weighted by Gasteiger charge is 2.11. The van der Waals surface area contributed by atoms with Crippen LogP contribution in [0, 0.1) is 0 Å². The number of halogens is 1. The van der Waals surface area contributed by atoms with E-state index in [0.29, 0.717) is 5.33 Å². The van der Waals surface area contributed by atoms with Gasteiger partial charge in [0.15, 0.2) is 0 Å². The van der Waals surface area contributed by atoms with Gasteiger partial charge in [-0.25, -0.2) is 4.98 Å². The molecule has 1 aromatic heterocycles. The lowest BCUT2D eigenvalue weighted by Crippen LogP contribution is -2.30. The van der Waals surface area contributed by atoms with E-state index in [1.165, 1.54) is 19.3 Å². The molecule has 0 atom stereocenters. The largest absolute Gasteiger partial charge is 0.357 e. The van der Waals surface area contributed by atoms with Gasteiger partial charge in [-0.1, -0.05) is 15.9 Å². The van der Waals surface area contributed by atoms with Crippen molar-refractivity contribution in [2.24, 2.45) is 0 Å². The van der Waals surface area contributed by atoms with Crippen molar-refractivity contribution in [2.75, 3.05) is 28.6 Å². The summed E-state index contributed by atoms with van der Waals surface area (Å²) in [7, 11) is 0. The molecule has 0 spiro atoms. The quantitative estimate of drug-likeness (QED) is 0.872. The van der Waals surface area contributed by atoms with Crippen molar-refractivity contribution in [3.8, 4) is 0 Å². The van der Waals surface area contributed by atoms with Crippen LogP contribution in [0.4, 0.5) is 11.5 Å². The summed E-state index contributed by atoms with van der Waals surface area (Å²) in [5.41, 5.74) is 0.746. The van der Waals surface area contributed by atoms with Crippen LogP contribution in [0.5, 0.6) is 0 Å².